The molecule has 0 aliphatic heterocycles. The Bertz CT molecular complexity index is 1400. The van der Waals surface area contributed by atoms with Gasteiger partial charge >= 0.3 is 0 Å². The molecule has 5 rings (SSSR count). The zero-order chi connectivity index (χ0) is 23.1. The van der Waals surface area contributed by atoms with E-state index in [1.165, 1.54) is 11.3 Å². The molecule has 3 N–H and O–H groups in total. The van der Waals surface area contributed by atoms with Crippen LogP contribution in [0.2, 0.25) is 5.02 Å². The lowest BCUT2D eigenvalue weighted by molar-refractivity contribution is 0.1000. The van der Waals surface area contributed by atoms with Crippen molar-refractivity contribution in [3.05, 3.63) is 75.3 Å². The highest BCUT2D eigenvalue weighted by molar-refractivity contribution is 7.17. The van der Waals surface area contributed by atoms with Gasteiger partial charge in [-0.25, -0.2) is 4.98 Å². The van der Waals surface area contributed by atoms with E-state index in [9.17, 15) is 9.59 Å². The Kier molecular flexibility index (Phi) is 5.60. The molecule has 1 aliphatic rings. The monoisotopic (exact) mass is 476 g/mol. The molecule has 1 atom stereocenters. The number of benzene rings is 1. The lowest BCUT2D eigenvalue weighted by Gasteiger charge is -2.18. The van der Waals surface area contributed by atoms with Crippen molar-refractivity contribution in [1.82, 2.24) is 9.97 Å². The number of hydrogen-bond donors (Lipinski definition) is 2. The normalized spacial score (nSPS) is 15.3. The van der Waals surface area contributed by atoms with E-state index in [1.807, 2.05) is 18.2 Å². The van der Waals surface area contributed by atoms with Gasteiger partial charge in [-0.15, -0.1) is 11.3 Å². The van der Waals surface area contributed by atoms with E-state index in [-0.39, 0.29) is 5.91 Å². The Morgan fingerprint density at radius 3 is 2.79 bits per heavy atom. The van der Waals surface area contributed by atoms with Crippen molar-refractivity contribution < 1.29 is 9.59 Å². The van der Waals surface area contributed by atoms with E-state index in [0.717, 1.165) is 29.7 Å². The maximum absolute atomic E-state index is 13.5. The van der Waals surface area contributed by atoms with Gasteiger partial charge in [-0.1, -0.05) is 36.7 Å². The Balaban J connectivity index is 1.61. The molecule has 0 saturated carbocycles. The lowest BCUT2D eigenvalue weighted by atomic mass is 9.88. The second kappa shape index (κ2) is 8.57. The second-order valence-corrected chi connectivity index (χ2v) is 9.79. The summed E-state index contributed by atoms with van der Waals surface area (Å²) in [5, 5.41) is 4.52. The molecule has 3 heterocycles. The fraction of sp³-hybridized carbons (Fsp3) is 0.200. The molecule has 0 spiro atoms. The molecule has 2 amide bonds. The van der Waals surface area contributed by atoms with Crippen LogP contribution in [0.15, 0.2) is 48.7 Å². The maximum atomic E-state index is 13.5. The summed E-state index contributed by atoms with van der Waals surface area (Å²) in [4.78, 5) is 36.0. The van der Waals surface area contributed by atoms with E-state index in [2.05, 4.69) is 22.2 Å². The van der Waals surface area contributed by atoms with Crippen LogP contribution in [0.4, 0.5) is 5.00 Å². The predicted molar refractivity (Wildman–Crippen MR) is 132 cm³/mol. The number of fused-ring (bicyclic) bond motifs is 2. The minimum Gasteiger partial charge on any atom is -0.365 e. The van der Waals surface area contributed by atoms with Crippen LogP contribution in [0.25, 0.3) is 22.3 Å². The number of amides is 2. The van der Waals surface area contributed by atoms with Crippen LogP contribution in [0.1, 0.15) is 44.5 Å². The van der Waals surface area contributed by atoms with Crippen LogP contribution in [-0.4, -0.2) is 21.8 Å². The van der Waals surface area contributed by atoms with Crippen LogP contribution in [-0.2, 0) is 12.8 Å². The van der Waals surface area contributed by atoms with Gasteiger partial charge in [0, 0.05) is 16.5 Å². The van der Waals surface area contributed by atoms with Gasteiger partial charge in [0.25, 0.3) is 11.8 Å². The molecule has 0 fully saturated rings. The van der Waals surface area contributed by atoms with Crippen molar-refractivity contribution in [3.63, 3.8) is 0 Å². The number of carbonyl (C=O) groups is 2. The van der Waals surface area contributed by atoms with Crippen LogP contribution in [0.5, 0.6) is 0 Å². The molecule has 3 aromatic heterocycles. The van der Waals surface area contributed by atoms with Crippen molar-refractivity contribution in [2.45, 2.75) is 26.2 Å². The van der Waals surface area contributed by atoms with Gasteiger partial charge < -0.3 is 11.1 Å². The first kappa shape index (κ1) is 21.6. The van der Waals surface area contributed by atoms with Gasteiger partial charge in [0.2, 0.25) is 0 Å². The van der Waals surface area contributed by atoms with Gasteiger partial charge in [0.15, 0.2) is 0 Å². The van der Waals surface area contributed by atoms with Crippen molar-refractivity contribution in [2.24, 2.45) is 11.7 Å². The smallest absolute Gasteiger partial charge is 0.257 e. The van der Waals surface area contributed by atoms with Crippen molar-refractivity contribution in [3.8, 4) is 11.4 Å². The average Bonchev–Trinajstić information content (AvgIpc) is 3.16. The van der Waals surface area contributed by atoms with Crippen molar-refractivity contribution >= 4 is 50.7 Å². The molecule has 0 saturated heterocycles. The lowest BCUT2D eigenvalue weighted by Crippen LogP contribution is -2.19. The Hall–Kier alpha value is -3.29. The second-order valence-electron chi connectivity index (χ2n) is 8.28. The van der Waals surface area contributed by atoms with E-state index in [4.69, 9.17) is 17.3 Å². The number of primary amides is 1. The number of hydrogen-bond acceptors (Lipinski definition) is 5. The molecule has 1 aliphatic carbocycles. The molecule has 0 unspecified atom stereocenters. The highest BCUT2D eigenvalue weighted by Crippen LogP contribution is 2.40. The minimum absolute atomic E-state index is 0.351. The third-order valence-corrected chi connectivity index (χ3v) is 7.42. The topological polar surface area (TPSA) is 98.0 Å². The number of carbonyl (C=O) groups excluding carboxylic acids is 2. The summed E-state index contributed by atoms with van der Waals surface area (Å²) >= 11 is 7.87. The maximum Gasteiger partial charge on any atom is 0.257 e. The van der Waals surface area contributed by atoms with Crippen LogP contribution < -0.4 is 11.1 Å². The first-order chi connectivity index (χ1) is 15.9. The number of para-hydroxylation sites is 1. The first-order valence-electron chi connectivity index (χ1n) is 10.7. The summed E-state index contributed by atoms with van der Waals surface area (Å²) < 4.78 is 0. The first-order valence-corrected chi connectivity index (χ1v) is 11.9. The van der Waals surface area contributed by atoms with Crippen molar-refractivity contribution in [2.75, 3.05) is 5.32 Å². The van der Waals surface area contributed by atoms with Crippen LogP contribution >= 0.6 is 22.9 Å². The summed E-state index contributed by atoms with van der Waals surface area (Å²) in [5.41, 5.74) is 9.21. The van der Waals surface area contributed by atoms with E-state index in [1.54, 1.807) is 30.5 Å². The molecule has 0 bridgehead atoms. The largest absolute Gasteiger partial charge is 0.365 e. The molecule has 33 heavy (non-hydrogen) atoms. The van der Waals surface area contributed by atoms with Gasteiger partial charge in [-0.3, -0.25) is 14.6 Å². The molecule has 8 heteroatoms. The fourth-order valence-corrected chi connectivity index (χ4v) is 5.94. The summed E-state index contributed by atoms with van der Waals surface area (Å²) in [6.45, 7) is 2.19. The SMILES string of the molecule is C[C@H]1CCc2c(sc(NC(=O)c3cc(-c4ccccn4)nc4c(Cl)cccc34)c2C(N)=O)C1. The van der Waals surface area contributed by atoms with E-state index in [0.29, 0.717) is 49.4 Å². The van der Waals surface area contributed by atoms with E-state index >= 15 is 0 Å². The highest BCUT2D eigenvalue weighted by Gasteiger charge is 2.28. The molecule has 0 radical (unpaired) electrons. The number of rotatable bonds is 4. The Labute approximate surface area is 199 Å². The third-order valence-electron chi connectivity index (χ3n) is 5.95. The molecule has 4 aromatic rings. The molecular formula is C25H21ClN4O2S. The standard InChI is InChI=1S/C25H21ClN4O2S/c1-13-8-9-15-20(11-13)33-25(21(15)23(27)31)30-24(32)16-12-19(18-7-2-3-10-28-18)29-22-14(16)5-4-6-17(22)26/h2-7,10,12-13H,8-9,11H2,1H3,(H2,27,31)(H,30,32)/t13-/m0/s1. The minimum atomic E-state index is -0.519. The number of halogens is 1. The van der Waals surface area contributed by atoms with Gasteiger partial charge in [0.05, 0.1) is 33.1 Å². The van der Waals surface area contributed by atoms with Gasteiger partial charge in [0.1, 0.15) is 5.00 Å². The predicted octanol–water partition coefficient (Wildman–Crippen LogP) is 5.49. The molecule has 6 nitrogen and oxygen atoms in total. The summed E-state index contributed by atoms with van der Waals surface area (Å²) in [5.74, 6) is -0.335. The number of nitrogens with two attached hydrogens (primary N) is 1. The van der Waals surface area contributed by atoms with Crippen LogP contribution in [0.3, 0.4) is 0 Å². The fourth-order valence-electron chi connectivity index (χ4n) is 4.32. The number of aromatic nitrogens is 2. The zero-order valence-corrected chi connectivity index (χ0v) is 19.5. The van der Waals surface area contributed by atoms with Crippen LogP contribution in [0, 0.1) is 5.92 Å². The van der Waals surface area contributed by atoms with E-state index < -0.39 is 5.91 Å². The number of nitrogens with zero attached hydrogens (tertiary/aromatic N) is 2. The summed E-state index contributed by atoms with van der Waals surface area (Å²) in [7, 11) is 0. The molecule has 166 valence electrons. The third kappa shape index (κ3) is 3.98. The Morgan fingerprint density at radius 1 is 1.18 bits per heavy atom. The number of thiophene rings is 1. The number of anilines is 1. The summed E-state index contributed by atoms with van der Waals surface area (Å²) in [6.07, 6.45) is 4.34. The molecule has 1 aromatic carbocycles. The van der Waals surface area contributed by atoms with Gasteiger partial charge in [-0.2, -0.15) is 0 Å². The zero-order valence-electron chi connectivity index (χ0n) is 17.9. The van der Waals surface area contributed by atoms with Crippen molar-refractivity contribution in [1.29, 1.82) is 0 Å². The summed E-state index contributed by atoms with van der Waals surface area (Å²) in [6, 6.07) is 12.5. The number of pyridine rings is 2. The molecular weight excluding hydrogens is 456 g/mol. The highest BCUT2D eigenvalue weighted by atomic mass is 35.5. The number of nitrogens with one attached hydrogen (secondary N) is 1. The Morgan fingerprint density at radius 2 is 2.03 bits per heavy atom. The quantitative estimate of drug-likeness (QED) is 0.407. The average molecular weight is 477 g/mol. The van der Waals surface area contributed by atoms with Gasteiger partial charge in [-0.05, 0) is 55.0 Å².